The van der Waals surface area contributed by atoms with Gasteiger partial charge < -0.3 is 5.32 Å². The maximum atomic E-state index is 4.30. The van der Waals surface area contributed by atoms with Gasteiger partial charge in [0, 0.05) is 11.9 Å². The van der Waals surface area contributed by atoms with Crippen LogP contribution < -0.4 is 5.32 Å². The van der Waals surface area contributed by atoms with E-state index in [9.17, 15) is 0 Å². The van der Waals surface area contributed by atoms with Gasteiger partial charge in [-0.2, -0.15) is 12.6 Å². The molecule has 1 atom stereocenters. The van der Waals surface area contributed by atoms with E-state index in [1.54, 1.807) is 0 Å². The zero-order valence-corrected chi connectivity index (χ0v) is 10.9. The van der Waals surface area contributed by atoms with Gasteiger partial charge in [0.2, 0.25) is 0 Å². The lowest BCUT2D eigenvalue weighted by Crippen LogP contribution is -2.20. The first kappa shape index (κ1) is 12.6. The Bertz CT molecular complexity index is 313. The van der Waals surface area contributed by atoms with Crippen LogP contribution in [0.2, 0.25) is 0 Å². The first-order chi connectivity index (χ1) is 6.89. The fourth-order valence-electron chi connectivity index (χ4n) is 1.41. The first-order valence-corrected chi connectivity index (χ1v) is 5.92. The monoisotopic (exact) mass is 223 g/mol. The van der Waals surface area contributed by atoms with E-state index in [2.05, 4.69) is 63.0 Å². The normalized spacial score (nSPS) is 13.9. The van der Waals surface area contributed by atoms with Crippen LogP contribution in [0.25, 0.3) is 0 Å². The maximum absolute atomic E-state index is 4.30. The Labute approximate surface area is 98.7 Å². The van der Waals surface area contributed by atoms with Crippen LogP contribution in [0.1, 0.15) is 38.8 Å². The van der Waals surface area contributed by atoms with Crippen molar-refractivity contribution >= 4 is 12.6 Å². The molecule has 1 aromatic carbocycles. The number of thiol groups is 1. The van der Waals surface area contributed by atoms with Gasteiger partial charge in [0.05, 0.1) is 0 Å². The van der Waals surface area contributed by atoms with Crippen LogP contribution in [0.5, 0.6) is 0 Å². The third-order valence-electron chi connectivity index (χ3n) is 2.39. The molecule has 1 aromatic rings. The molecule has 0 amide bonds. The Morgan fingerprint density at radius 3 is 2.53 bits per heavy atom. The van der Waals surface area contributed by atoms with Gasteiger partial charge in [-0.25, -0.2) is 0 Å². The van der Waals surface area contributed by atoms with Gasteiger partial charge in [-0.15, -0.1) is 0 Å². The minimum atomic E-state index is 0.225. The summed E-state index contributed by atoms with van der Waals surface area (Å²) in [4.78, 5) is 0. The number of hydrogen-bond acceptors (Lipinski definition) is 2. The highest BCUT2D eigenvalue weighted by Gasteiger charge is 2.13. The van der Waals surface area contributed by atoms with E-state index >= 15 is 0 Å². The highest BCUT2D eigenvalue weighted by molar-refractivity contribution is 7.80. The van der Waals surface area contributed by atoms with Crippen LogP contribution in [0.15, 0.2) is 24.3 Å². The minimum absolute atomic E-state index is 0.225. The molecule has 0 aromatic heterocycles. The summed E-state index contributed by atoms with van der Waals surface area (Å²) in [5.74, 6) is 0. The summed E-state index contributed by atoms with van der Waals surface area (Å²) >= 11 is 4.30. The highest BCUT2D eigenvalue weighted by atomic mass is 32.1. The second-order valence-electron chi connectivity index (χ2n) is 5.01. The van der Waals surface area contributed by atoms with Gasteiger partial charge in [-0.05, 0) is 23.5 Å². The summed E-state index contributed by atoms with van der Waals surface area (Å²) in [5.41, 5.74) is 2.93. The second kappa shape index (κ2) is 5.04. The lowest BCUT2D eigenvalue weighted by atomic mass is 9.86. The highest BCUT2D eigenvalue weighted by Crippen LogP contribution is 2.22. The fraction of sp³-hybridized carbons (Fsp3) is 0.538. The summed E-state index contributed by atoms with van der Waals surface area (Å²) in [6.45, 7) is 9.63. The Hall–Kier alpha value is -0.470. The van der Waals surface area contributed by atoms with Crippen molar-refractivity contribution in [1.82, 2.24) is 5.32 Å². The van der Waals surface area contributed by atoms with Crippen molar-refractivity contribution in [2.45, 2.75) is 45.0 Å². The van der Waals surface area contributed by atoms with Crippen LogP contribution in [0.4, 0.5) is 0 Å². The SMILES string of the molecule is CC(S)NCc1cccc(C(C)(C)C)c1. The molecule has 0 radical (unpaired) electrons. The third-order valence-corrected chi connectivity index (χ3v) is 2.58. The summed E-state index contributed by atoms with van der Waals surface area (Å²) in [5, 5.41) is 3.54. The van der Waals surface area contributed by atoms with E-state index in [-0.39, 0.29) is 10.8 Å². The van der Waals surface area contributed by atoms with Crippen LogP contribution in [-0.2, 0) is 12.0 Å². The van der Waals surface area contributed by atoms with Crippen molar-refractivity contribution in [3.8, 4) is 0 Å². The molecule has 15 heavy (non-hydrogen) atoms. The van der Waals surface area contributed by atoms with Gasteiger partial charge in [0.1, 0.15) is 0 Å². The predicted octanol–water partition coefficient (Wildman–Crippen LogP) is 3.35. The van der Waals surface area contributed by atoms with Gasteiger partial charge in [0.25, 0.3) is 0 Å². The molecular weight excluding hydrogens is 202 g/mol. The minimum Gasteiger partial charge on any atom is -0.302 e. The number of nitrogens with one attached hydrogen (secondary N) is 1. The molecule has 1 unspecified atom stereocenters. The molecule has 0 saturated heterocycles. The predicted molar refractivity (Wildman–Crippen MR) is 70.4 cm³/mol. The largest absolute Gasteiger partial charge is 0.302 e. The Balaban J connectivity index is 2.75. The van der Waals surface area contributed by atoms with E-state index in [1.165, 1.54) is 11.1 Å². The van der Waals surface area contributed by atoms with Gasteiger partial charge in [-0.1, -0.05) is 45.0 Å². The smallest absolute Gasteiger partial charge is 0.0476 e. The third kappa shape index (κ3) is 4.27. The number of rotatable bonds is 3. The molecule has 1 N–H and O–H groups in total. The van der Waals surface area contributed by atoms with Crippen molar-refractivity contribution in [3.63, 3.8) is 0 Å². The Kier molecular flexibility index (Phi) is 4.23. The molecule has 1 nitrogen and oxygen atoms in total. The van der Waals surface area contributed by atoms with Crippen LogP contribution in [-0.4, -0.2) is 5.37 Å². The molecule has 0 aliphatic rings. The van der Waals surface area contributed by atoms with Crippen molar-refractivity contribution < 1.29 is 0 Å². The average molecular weight is 223 g/mol. The lowest BCUT2D eigenvalue weighted by molar-refractivity contribution is 0.588. The van der Waals surface area contributed by atoms with E-state index in [0.29, 0.717) is 0 Å². The number of hydrogen-bond donors (Lipinski definition) is 2. The van der Waals surface area contributed by atoms with Crippen LogP contribution in [0, 0.1) is 0 Å². The summed E-state index contributed by atoms with van der Waals surface area (Å²) in [6, 6.07) is 8.73. The first-order valence-electron chi connectivity index (χ1n) is 5.40. The average Bonchev–Trinajstić information content (AvgIpc) is 2.14. The molecule has 0 saturated carbocycles. The van der Waals surface area contributed by atoms with Crippen molar-refractivity contribution in [1.29, 1.82) is 0 Å². The maximum Gasteiger partial charge on any atom is 0.0476 e. The summed E-state index contributed by atoms with van der Waals surface area (Å²) in [7, 11) is 0. The van der Waals surface area contributed by atoms with Crippen molar-refractivity contribution in [3.05, 3.63) is 35.4 Å². The van der Waals surface area contributed by atoms with E-state index in [4.69, 9.17) is 0 Å². The lowest BCUT2D eigenvalue weighted by Gasteiger charge is -2.20. The van der Waals surface area contributed by atoms with E-state index < -0.39 is 0 Å². The quantitative estimate of drug-likeness (QED) is 0.591. The Morgan fingerprint density at radius 1 is 1.33 bits per heavy atom. The van der Waals surface area contributed by atoms with E-state index in [1.807, 2.05) is 6.92 Å². The molecule has 0 spiro atoms. The molecule has 0 aliphatic heterocycles. The zero-order valence-electron chi connectivity index (χ0n) is 10.0. The Morgan fingerprint density at radius 2 is 2.00 bits per heavy atom. The second-order valence-corrected chi connectivity index (χ2v) is 5.78. The standard InChI is InChI=1S/C13H21NS/c1-10(15)14-9-11-6-5-7-12(8-11)13(2,3)4/h5-8,10,14-15H,9H2,1-4H3. The number of benzene rings is 1. The van der Waals surface area contributed by atoms with Crippen LogP contribution >= 0.6 is 12.6 Å². The summed E-state index contributed by atoms with van der Waals surface area (Å²) in [6.07, 6.45) is 0. The van der Waals surface area contributed by atoms with Gasteiger partial charge in [-0.3, -0.25) is 0 Å². The molecule has 84 valence electrons. The van der Waals surface area contributed by atoms with Crippen molar-refractivity contribution in [2.24, 2.45) is 0 Å². The zero-order chi connectivity index (χ0) is 11.5. The van der Waals surface area contributed by atoms with Crippen molar-refractivity contribution in [2.75, 3.05) is 0 Å². The van der Waals surface area contributed by atoms with Gasteiger partial charge >= 0.3 is 0 Å². The molecule has 1 rings (SSSR count). The fourth-order valence-corrected chi connectivity index (χ4v) is 1.50. The van der Waals surface area contributed by atoms with Crippen LogP contribution in [0.3, 0.4) is 0 Å². The molecule has 0 bridgehead atoms. The molecule has 2 heteroatoms. The van der Waals surface area contributed by atoms with E-state index in [0.717, 1.165) is 6.54 Å². The molecular formula is C13H21NS. The topological polar surface area (TPSA) is 12.0 Å². The molecule has 0 heterocycles. The molecule has 0 aliphatic carbocycles. The molecule has 0 fully saturated rings. The summed E-state index contributed by atoms with van der Waals surface area (Å²) < 4.78 is 0. The van der Waals surface area contributed by atoms with Gasteiger partial charge in [0.15, 0.2) is 0 Å².